The lowest BCUT2D eigenvalue weighted by Gasteiger charge is -2.14. The number of nitrogens with one attached hydrogen (secondary N) is 1. The summed E-state index contributed by atoms with van der Waals surface area (Å²) in [5.74, 6) is 0.968. The molecule has 1 aromatic rings. The van der Waals surface area contributed by atoms with Crippen LogP contribution in [-0.2, 0) is 10.0 Å². The van der Waals surface area contributed by atoms with Crippen molar-refractivity contribution in [3.8, 4) is 5.75 Å². The SMILES string of the molecule is CCCOc1ccc(S(=O)(=O)NCC(O)CC(C)C)cc1. The molecule has 0 aliphatic heterocycles. The molecule has 1 aromatic carbocycles. The van der Waals surface area contributed by atoms with Crippen LogP contribution < -0.4 is 9.46 Å². The van der Waals surface area contributed by atoms with E-state index < -0.39 is 16.1 Å². The molecule has 0 radical (unpaired) electrons. The largest absolute Gasteiger partial charge is 0.494 e. The number of sulfonamides is 1. The lowest BCUT2D eigenvalue weighted by Crippen LogP contribution is -2.32. The molecule has 21 heavy (non-hydrogen) atoms. The van der Waals surface area contributed by atoms with Gasteiger partial charge < -0.3 is 9.84 Å². The number of rotatable bonds is 9. The predicted molar refractivity (Wildman–Crippen MR) is 82.9 cm³/mol. The van der Waals surface area contributed by atoms with Crippen LogP contribution in [0.1, 0.15) is 33.6 Å². The molecule has 0 aromatic heterocycles. The molecule has 0 saturated heterocycles. The number of hydrogen-bond donors (Lipinski definition) is 2. The van der Waals surface area contributed by atoms with Crippen molar-refractivity contribution in [1.29, 1.82) is 0 Å². The molecule has 0 aliphatic carbocycles. The quantitative estimate of drug-likeness (QED) is 0.732. The van der Waals surface area contributed by atoms with Crippen LogP contribution >= 0.6 is 0 Å². The molecule has 0 amide bonds. The molecule has 0 aliphatic rings. The number of ether oxygens (including phenoxy) is 1. The number of aliphatic hydroxyl groups is 1. The molecule has 0 bridgehead atoms. The first-order valence-corrected chi connectivity index (χ1v) is 8.74. The Morgan fingerprint density at radius 2 is 1.86 bits per heavy atom. The van der Waals surface area contributed by atoms with Gasteiger partial charge in [-0.05, 0) is 43.0 Å². The van der Waals surface area contributed by atoms with Gasteiger partial charge in [0.1, 0.15) is 5.75 Å². The van der Waals surface area contributed by atoms with E-state index in [2.05, 4.69) is 4.72 Å². The Morgan fingerprint density at radius 1 is 1.24 bits per heavy atom. The van der Waals surface area contributed by atoms with Crippen LogP contribution in [0.3, 0.4) is 0 Å². The van der Waals surface area contributed by atoms with Crippen molar-refractivity contribution >= 4 is 10.0 Å². The molecular formula is C15H25NO4S. The third-order valence-electron chi connectivity index (χ3n) is 2.86. The molecule has 0 heterocycles. The van der Waals surface area contributed by atoms with Crippen molar-refractivity contribution in [2.45, 2.75) is 44.6 Å². The summed E-state index contributed by atoms with van der Waals surface area (Å²) < 4.78 is 32.0. The normalized spacial score (nSPS) is 13.4. The zero-order valence-corrected chi connectivity index (χ0v) is 13.7. The van der Waals surface area contributed by atoms with Gasteiger partial charge >= 0.3 is 0 Å². The first-order valence-electron chi connectivity index (χ1n) is 7.25. The van der Waals surface area contributed by atoms with Gasteiger partial charge in [-0.2, -0.15) is 0 Å². The second-order valence-electron chi connectivity index (χ2n) is 5.46. The fourth-order valence-corrected chi connectivity index (χ4v) is 2.92. The van der Waals surface area contributed by atoms with E-state index in [4.69, 9.17) is 4.74 Å². The van der Waals surface area contributed by atoms with Crippen molar-refractivity contribution in [2.24, 2.45) is 5.92 Å². The van der Waals surface area contributed by atoms with Crippen LogP contribution in [0.4, 0.5) is 0 Å². The molecule has 120 valence electrons. The zero-order chi connectivity index (χ0) is 15.9. The summed E-state index contributed by atoms with van der Waals surface area (Å²) >= 11 is 0. The molecule has 5 nitrogen and oxygen atoms in total. The van der Waals surface area contributed by atoms with Gasteiger partial charge in [0.15, 0.2) is 0 Å². The molecule has 0 spiro atoms. The second-order valence-corrected chi connectivity index (χ2v) is 7.22. The van der Waals surface area contributed by atoms with Gasteiger partial charge in [0.2, 0.25) is 10.0 Å². The van der Waals surface area contributed by atoms with E-state index in [0.717, 1.165) is 6.42 Å². The monoisotopic (exact) mass is 315 g/mol. The minimum absolute atomic E-state index is 0.0224. The van der Waals surface area contributed by atoms with Gasteiger partial charge in [0, 0.05) is 6.54 Å². The Balaban J connectivity index is 2.61. The van der Waals surface area contributed by atoms with Crippen LogP contribution in [0, 0.1) is 5.92 Å². The van der Waals surface area contributed by atoms with Gasteiger partial charge in [-0.15, -0.1) is 0 Å². The standard InChI is InChI=1S/C15H25NO4S/c1-4-9-20-14-5-7-15(8-6-14)21(18,19)16-11-13(17)10-12(2)3/h5-8,12-13,16-17H,4,9-11H2,1-3H3. The Morgan fingerprint density at radius 3 is 2.38 bits per heavy atom. The molecule has 6 heteroatoms. The Hall–Kier alpha value is -1.11. The third kappa shape index (κ3) is 6.46. The average molecular weight is 315 g/mol. The minimum Gasteiger partial charge on any atom is -0.494 e. The fraction of sp³-hybridized carbons (Fsp3) is 0.600. The molecule has 0 fully saturated rings. The topological polar surface area (TPSA) is 75.6 Å². The van der Waals surface area contributed by atoms with Gasteiger partial charge in [-0.3, -0.25) is 0 Å². The van der Waals surface area contributed by atoms with E-state index in [0.29, 0.717) is 24.7 Å². The van der Waals surface area contributed by atoms with E-state index in [1.54, 1.807) is 12.1 Å². The molecule has 2 N–H and O–H groups in total. The Bertz CT molecular complexity index is 511. The van der Waals surface area contributed by atoms with Crippen LogP contribution in [0.25, 0.3) is 0 Å². The molecule has 1 rings (SSSR count). The summed E-state index contributed by atoms with van der Waals surface area (Å²) in [6, 6.07) is 6.27. The maximum Gasteiger partial charge on any atom is 0.240 e. The highest BCUT2D eigenvalue weighted by Crippen LogP contribution is 2.16. The number of benzene rings is 1. The Kier molecular flexibility index (Phi) is 7.14. The summed E-state index contributed by atoms with van der Waals surface area (Å²) in [5.41, 5.74) is 0. The van der Waals surface area contributed by atoms with E-state index in [1.165, 1.54) is 12.1 Å². The summed E-state index contributed by atoms with van der Waals surface area (Å²) in [6.45, 7) is 6.59. The van der Waals surface area contributed by atoms with Gasteiger partial charge in [-0.25, -0.2) is 13.1 Å². The van der Waals surface area contributed by atoms with Crippen molar-refractivity contribution in [3.05, 3.63) is 24.3 Å². The van der Waals surface area contributed by atoms with Crippen molar-refractivity contribution in [1.82, 2.24) is 4.72 Å². The lowest BCUT2D eigenvalue weighted by molar-refractivity contribution is 0.152. The highest BCUT2D eigenvalue weighted by molar-refractivity contribution is 7.89. The maximum atomic E-state index is 12.1. The van der Waals surface area contributed by atoms with Gasteiger partial charge in [-0.1, -0.05) is 20.8 Å². The summed E-state index contributed by atoms with van der Waals surface area (Å²) in [5, 5.41) is 9.72. The van der Waals surface area contributed by atoms with Gasteiger partial charge in [0.05, 0.1) is 17.6 Å². The number of aliphatic hydroxyl groups excluding tert-OH is 1. The first-order chi connectivity index (χ1) is 9.85. The lowest BCUT2D eigenvalue weighted by atomic mass is 10.1. The van der Waals surface area contributed by atoms with Crippen molar-refractivity contribution < 1.29 is 18.3 Å². The van der Waals surface area contributed by atoms with Crippen LogP contribution in [0.2, 0.25) is 0 Å². The van der Waals surface area contributed by atoms with Crippen LogP contribution in [0.15, 0.2) is 29.2 Å². The van der Waals surface area contributed by atoms with E-state index in [9.17, 15) is 13.5 Å². The van der Waals surface area contributed by atoms with Crippen LogP contribution in [-0.4, -0.2) is 32.8 Å². The first kappa shape index (κ1) is 17.9. The molecule has 0 saturated carbocycles. The Labute approximate surface area is 127 Å². The van der Waals surface area contributed by atoms with E-state index in [-0.39, 0.29) is 11.4 Å². The molecule has 1 unspecified atom stereocenters. The summed E-state index contributed by atoms with van der Waals surface area (Å²) in [4.78, 5) is 0.170. The smallest absolute Gasteiger partial charge is 0.240 e. The average Bonchev–Trinajstić information content (AvgIpc) is 2.43. The minimum atomic E-state index is -3.59. The number of hydrogen-bond acceptors (Lipinski definition) is 4. The van der Waals surface area contributed by atoms with Crippen LogP contribution in [0.5, 0.6) is 5.75 Å². The van der Waals surface area contributed by atoms with E-state index in [1.807, 2.05) is 20.8 Å². The second kappa shape index (κ2) is 8.36. The molecular weight excluding hydrogens is 290 g/mol. The van der Waals surface area contributed by atoms with Gasteiger partial charge in [0.25, 0.3) is 0 Å². The zero-order valence-electron chi connectivity index (χ0n) is 12.9. The van der Waals surface area contributed by atoms with E-state index >= 15 is 0 Å². The summed E-state index contributed by atoms with van der Waals surface area (Å²) in [6.07, 6.45) is 0.786. The fourth-order valence-electron chi connectivity index (χ4n) is 1.85. The highest BCUT2D eigenvalue weighted by atomic mass is 32.2. The van der Waals surface area contributed by atoms with Crippen molar-refractivity contribution in [2.75, 3.05) is 13.2 Å². The molecule has 1 atom stereocenters. The predicted octanol–water partition coefficient (Wildman–Crippen LogP) is 2.16. The maximum absolute atomic E-state index is 12.1. The highest BCUT2D eigenvalue weighted by Gasteiger charge is 2.16. The third-order valence-corrected chi connectivity index (χ3v) is 4.30. The van der Waals surface area contributed by atoms with Crippen molar-refractivity contribution in [3.63, 3.8) is 0 Å². The summed E-state index contributed by atoms with van der Waals surface area (Å²) in [7, 11) is -3.59.